The summed E-state index contributed by atoms with van der Waals surface area (Å²) in [6, 6.07) is 15.0. The molecule has 0 radical (unpaired) electrons. The number of likely N-dealkylation sites (N-methyl/N-ethyl adjacent to an activating group) is 1. The first kappa shape index (κ1) is 23.3. The smallest absolute Gasteiger partial charge is 0.410 e. The predicted molar refractivity (Wildman–Crippen MR) is 127 cm³/mol. The molecule has 1 aliphatic heterocycles. The van der Waals surface area contributed by atoms with Crippen LogP contribution in [0.5, 0.6) is 5.88 Å². The van der Waals surface area contributed by atoms with Crippen molar-refractivity contribution in [2.45, 2.75) is 32.4 Å². The molecule has 0 unspecified atom stereocenters. The molecule has 1 aliphatic rings. The number of nitrogens with zero attached hydrogens (tertiary/aromatic N) is 5. The molecule has 9 heteroatoms. The van der Waals surface area contributed by atoms with E-state index in [0.29, 0.717) is 30.4 Å². The highest BCUT2D eigenvalue weighted by atomic mass is 16.6. The number of aromatic nitrogens is 3. The van der Waals surface area contributed by atoms with Gasteiger partial charge in [-0.3, -0.25) is 4.79 Å². The van der Waals surface area contributed by atoms with E-state index in [9.17, 15) is 9.59 Å². The van der Waals surface area contributed by atoms with Crippen LogP contribution >= 0.6 is 0 Å². The van der Waals surface area contributed by atoms with Crippen LogP contribution in [-0.2, 0) is 4.74 Å². The van der Waals surface area contributed by atoms with Gasteiger partial charge in [-0.25, -0.2) is 14.5 Å². The number of methoxy groups -OCH3 is 1. The molecule has 0 saturated carbocycles. The number of likely N-dealkylation sites (tertiary alicyclic amines) is 1. The first-order valence-corrected chi connectivity index (χ1v) is 11.1. The zero-order valence-electron chi connectivity index (χ0n) is 20.1. The topological polar surface area (TPSA) is 89.8 Å². The summed E-state index contributed by atoms with van der Waals surface area (Å²) in [4.78, 5) is 33.0. The maximum absolute atomic E-state index is 13.2. The normalized spacial score (nSPS) is 13.9. The molecule has 2 aromatic heterocycles. The molecule has 0 atom stereocenters. The van der Waals surface area contributed by atoms with Crippen molar-refractivity contribution in [2.24, 2.45) is 0 Å². The van der Waals surface area contributed by atoms with Gasteiger partial charge in [0.1, 0.15) is 5.60 Å². The highest BCUT2D eigenvalue weighted by Gasteiger charge is 2.38. The van der Waals surface area contributed by atoms with Crippen molar-refractivity contribution in [1.82, 2.24) is 24.6 Å². The second kappa shape index (κ2) is 9.17. The first-order valence-electron chi connectivity index (χ1n) is 11.1. The van der Waals surface area contributed by atoms with Crippen LogP contribution in [-0.4, -0.2) is 75.5 Å². The Morgan fingerprint density at radius 3 is 2.38 bits per heavy atom. The third kappa shape index (κ3) is 4.88. The fourth-order valence-corrected chi connectivity index (χ4v) is 3.63. The molecule has 34 heavy (non-hydrogen) atoms. The minimum atomic E-state index is -0.568. The Bertz CT molecular complexity index is 1160. The Kier molecular flexibility index (Phi) is 6.28. The van der Waals surface area contributed by atoms with Crippen LogP contribution in [0.1, 0.15) is 31.3 Å². The zero-order chi connectivity index (χ0) is 24.5. The summed E-state index contributed by atoms with van der Waals surface area (Å²) >= 11 is 0. The van der Waals surface area contributed by atoms with Crippen LogP contribution in [0, 0.1) is 0 Å². The zero-order valence-corrected chi connectivity index (χ0v) is 20.1. The van der Waals surface area contributed by atoms with E-state index in [1.807, 2.05) is 57.2 Å². The molecule has 3 aromatic rings. The quantitative estimate of drug-likeness (QED) is 0.574. The van der Waals surface area contributed by atoms with E-state index in [1.165, 1.54) is 0 Å². The minimum absolute atomic E-state index is 0.0970. The first-order chi connectivity index (χ1) is 16.2. The van der Waals surface area contributed by atoms with E-state index >= 15 is 0 Å². The van der Waals surface area contributed by atoms with E-state index in [0.717, 1.165) is 11.3 Å². The molecule has 0 bridgehead atoms. The second-order valence-corrected chi connectivity index (χ2v) is 9.21. The Morgan fingerprint density at radius 2 is 1.79 bits per heavy atom. The fourth-order valence-electron chi connectivity index (χ4n) is 3.63. The van der Waals surface area contributed by atoms with Crippen molar-refractivity contribution in [3.05, 3.63) is 60.4 Å². The summed E-state index contributed by atoms with van der Waals surface area (Å²) in [6.07, 6.45) is 1.26. The SMILES string of the molecule is COc1ccc(-n2nc(C(=O)N3CC(N(C)C(=O)OC(C)(C)C)C3)cc2-c2ccccc2)cn1. The molecule has 0 aliphatic carbocycles. The average molecular weight is 464 g/mol. The maximum atomic E-state index is 13.2. The van der Waals surface area contributed by atoms with Crippen molar-refractivity contribution in [3.8, 4) is 22.8 Å². The van der Waals surface area contributed by atoms with E-state index in [1.54, 1.807) is 47.0 Å². The Morgan fingerprint density at radius 1 is 1.09 bits per heavy atom. The third-order valence-corrected chi connectivity index (χ3v) is 5.55. The number of ether oxygens (including phenoxy) is 2. The number of rotatable bonds is 5. The van der Waals surface area contributed by atoms with Gasteiger partial charge in [0.25, 0.3) is 5.91 Å². The average Bonchev–Trinajstić information content (AvgIpc) is 3.23. The molecule has 4 rings (SSSR count). The van der Waals surface area contributed by atoms with Gasteiger partial charge in [-0.05, 0) is 32.9 Å². The Labute approximate surface area is 198 Å². The van der Waals surface area contributed by atoms with E-state index in [4.69, 9.17) is 9.47 Å². The molecule has 9 nitrogen and oxygen atoms in total. The van der Waals surface area contributed by atoms with Gasteiger partial charge in [-0.1, -0.05) is 30.3 Å². The van der Waals surface area contributed by atoms with Gasteiger partial charge in [0.2, 0.25) is 5.88 Å². The predicted octanol–water partition coefficient (Wildman–Crippen LogP) is 3.63. The van der Waals surface area contributed by atoms with E-state index in [-0.39, 0.29) is 11.9 Å². The molecule has 178 valence electrons. The van der Waals surface area contributed by atoms with Crippen molar-refractivity contribution < 1.29 is 19.1 Å². The Hall–Kier alpha value is -3.88. The van der Waals surface area contributed by atoms with Crippen molar-refractivity contribution in [3.63, 3.8) is 0 Å². The lowest BCUT2D eigenvalue weighted by molar-refractivity contribution is -0.00222. The monoisotopic (exact) mass is 463 g/mol. The Balaban J connectivity index is 1.54. The summed E-state index contributed by atoms with van der Waals surface area (Å²) in [7, 11) is 3.25. The van der Waals surface area contributed by atoms with Gasteiger partial charge < -0.3 is 19.3 Å². The van der Waals surface area contributed by atoms with Gasteiger partial charge >= 0.3 is 6.09 Å². The van der Waals surface area contributed by atoms with Crippen molar-refractivity contribution in [2.75, 3.05) is 27.2 Å². The number of amides is 2. The van der Waals surface area contributed by atoms with Crippen molar-refractivity contribution in [1.29, 1.82) is 0 Å². The molecule has 3 heterocycles. The molecule has 1 fully saturated rings. The summed E-state index contributed by atoms with van der Waals surface area (Å²) in [5.74, 6) is 0.306. The van der Waals surface area contributed by atoms with Crippen LogP contribution in [0.2, 0.25) is 0 Å². The van der Waals surface area contributed by atoms with Gasteiger partial charge in [0.05, 0.1) is 30.7 Å². The molecular formula is C25H29N5O4. The lowest BCUT2D eigenvalue weighted by Crippen LogP contribution is -2.61. The highest BCUT2D eigenvalue weighted by molar-refractivity contribution is 5.94. The number of hydrogen-bond acceptors (Lipinski definition) is 6. The highest BCUT2D eigenvalue weighted by Crippen LogP contribution is 2.26. The summed E-state index contributed by atoms with van der Waals surface area (Å²) < 4.78 is 12.3. The van der Waals surface area contributed by atoms with Crippen LogP contribution in [0.3, 0.4) is 0 Å². The third-order valence-electron chi connectivity index (χ3n) is 5.55. The van der Waals surface area contributed by atoms with Crippen molar-refractivity contribution >= 4 is 12.0 Å². The van der Waals surface area contributed by atoms with Crippen LogP contribution in [0.4, 0.5) is 4.79 Å². The number of carbonyl (C=O) groups excluding carboxylic acids is 2. The van der Waals surface area contributed by atoms with Crippen LogP contribution < -0.4 is 4.74 Å². The summed E-state index contributed by atoms with van der Waals surface area (Å²) in [5.41, 5.74) is 2.18. The van der Waals surface area contributed by atoms with Crippen LogP contribution in [0.25, 0.3) is 16.9 Å². The number of pyridine rings is 1. The van der Waals surface area contributed by atoms with Crippen LogP contribution in [0.15, 0.2) is 54.7 Å². The fraction of sp³-hybridized carbons (Fsp3) is 0.360. The lowest BCUT2D eigenvalue weighted by Gasteiger charge is -2.43. The molecule has 1 aromatic carbocycles. The number of carbonyl (C=O) groups is 2. The summed E-state index contributed by atoms with van der Waals surface area (Å²) in [6.45, 7) is 6.33. The number of benzene rings is 1. The van der Waals surface area contributed by atoms with Gasteiger partial charge in [0.15, 0.2) is 5.69 Å². The number of hydrogen-bond donors (Lipinski definition) is 0. The van der Waals surface area contributed by atoms with Gasteiger partial charge in [-0.2, -0.15) is 5.10 Å². The molecule has 0 N–H and O–H groups in total. The van der Waals surface area contributed by atoms with Gasteiger partial charge in [0, 0.05) is 31.8 Å². The maximum Gasteiger partial charge on any atom is 0.410 e. The largest absolute Gasteiger partial charge is 0.481 e. The minimum Gasteiger partial charge on any atom is -0.481 e. The molecule has 1 saturated heterocycles. The van der Waals surface area contributed by atoms with E-state index < -0.39 is 11.7 Å². The molecular weight excluding hydrogens is 434 g/mol. The standard InChI is InChI=1S/C25H29N5O4/c1-25(2,3)34-24(32)28(4)19-15-29(16-19)23(31)20-13-21(17-9-7-6-8-10-17)30(27-20)18-11-12-22(33-5)26-14-18/h6-14,19H,15-16H2,1-5H3. The lowest BCUT2D eigenvalue weighted by atomic mass is 10.1. The van der Waals surface area contributed by atoms with Gasteiger partial charge in [-0.15, -0.1) is 0 Å². The van der Waals surface area contributed by atoms with E-state index in [2.05, 4.69) is 10.1 Å². The summed E-state index contributed by atoms with van der Waals surface area (Å²) in [5, 5.41) is 4.61. The second-order valence-electron chi connectivity index (χ2n) is 9.21. The molecule has 2 amide bonds. The molecule has 0 spiro atoms.